The summed E-state index contributed by atoms with van der Waals surface area (Å²) in [7, 11) is 0. The molecule has 0 aliphatic heterocycles. The van der Waals surface area contributed by atoms with Crippen molar-refractivity contribution in [2.45, 2.75) is 11.7 Å². The second kappa shape index (κ2) is 2.90. The van der Waals surface area contributed by atoms with Gasteiger partial charge in [-0.25, -0.2) is 0 Å². The Morgan fingerprint density at radius 1 is 0.818 bits per heavy atom. The van der Waals surface area contributed by atoms with Crippen molar-refractivity contribution >= 4 is 39.2 Å². The summed E-state index contributed by atoms with van der Waals surface area (Å²) in [6.45, 7) is 0. The molecule has 68 valence electrons. The van der Waals surface area contributed by atoms with Gasteiger partial charge in [-0.1, -0.05) is 0 Å². The highest BCUT2D eigenvalue weighted by molar-refractivity contribution is 7.65. The molecule has 0 nitrogen and oxygen atoms in total. The summed E-state index contributed by atoms with van der Waals surface area (Å²) in [5, 5.41) is 0. The zero-order chi connectivity index (χ0) is 9.50. The van der Waals surface area contributed by atoms with Gasteiger partial charge in [-0.2, -0.15) is 22.0 Å². The van der Waals surface area contributed by atoms with Gasteiger partial charge < -0.3 is 0 Å². The van der Waals surface area contributed by atoms with Gasteiger partial charge in [0.05, 0.1) is 0 Å². The van der Waals surface area contributed by atoms with E-state index >= 15 is 0 Å². The van der Waals surface area contributed by atoms with Crippen LogP contribution in [0, 0.1) is 0 Å². The van der Waals surface area contributed by atoms with Crippen molar-refractivity contribution in [2.24, 2.45) is 0 Å². The quantitative estimate of drug-likeness (QED) is 0.382. The van der Waals surface area contributed by atoms with E-state index in [0.717, 1.165) is 0 Å². The summed E-state index contributed by atoms with van der Waals surface area (Å²) < 4.78 is 58.0. The minimum atomic E-state index is -5.79. The predicted octanol–water partition coefficient (Wildman–Crippen LogP) is 3.38. The fourth-order valence-electron chi connectivity index (χ4n) is 0.161. The maximum Gasteiger partial charge on any atom is 0.453 e. The van der Waals surface area contributed by atoms with E-state index in [1.165, 1.54) is 0 Å². The van der Waals surface area contributed by atoms with Gasteiger partial charge in [0, 0.05) is 0 Å². The van der Waals surface area contributed by atoms with Crippen LogP contribution in [0.4, 0.5) is 22.0 Å². The molecule has 0 N–H and O–H groups in total. The lowest BCUT2D eigenvalue weighted by Gasteiger charge is -2.23. The third kappa shape index (κ3) is 2.33. The molecule has 0 heterocycles. The zero-order valence-corrected chi connectivity index (χ0v) is 7.79. The summed E-state index contributed by atoms with van der Waals surface area (Å²) in [4.78, 5) is 0. The molecule has 0 unspecified atom stereocenters. The molecule has 0 aliphatic carbocycles. The molecule has 0 saturated heterocycles. The van der Waals surface area contributed by atoms with Crippen LogP contribution in [0.3, 0.4) is 0 Å². The van der Waals surface area contributed by atoms with Gasteiger partial charge in [0.15, 0.2) is 0 Å². The number of rotatable bonds is 1. The second-order valence-corrected chi connectivity index (χ2v) is 10.0. The van der Waals surface area contributed by atoms with Crippen molar-refractivity contribution in [1.82, 2.24) is 0 Å². The molecule has 0 spiro atoms. The summed E-state index contributed by atoms with van der Waals surface area (Å²) in [6.07, 6.45) is -5.79. The molecule has 0 bridgehead atoms. The highest BCUT2D eigenvalue weighted by Crippen LogP contribution is 2.47. The molecule has 0 rings (SSSR count). The Morgan fingerprint density at radius 2 is 1.09 bits per heavy atom. The molecule has 0 aromatic heterocycles. The lowest BCUT2D eigenvalue weighted by atomic mass is 10.7. The van der Waals surface area contributed by atoms with Crippen LogP contribution >= 0.6 is 33.2 Å². The lowest BCUT2D eigenvalue weighted by Crippen LogP contribution is -2.51. The molecule has 0 aromatic rings. The molecule has 0 fully saturated rings. The molecular formula is C2Cl3F5Si. The van der Waals surface area contributed by atoms with Crippen LogP contribution in [-0.2, 0) is 0 Å². The predicted molar refractivity (Wildman–Crippen MR) is 34.3 cm³/mol. The van der Waals surface area contributed by atoms with Crippen molar-refractivity contribution in [2.75, 3.05) is 0 Å². The van der Waals surface area contributed by atoms with Crippen LogP contribution in [0.25, 0.3) is 0 Å². The van der Waals surface area contributed by atoms with Crippen molar-refractivity contribution in [3.05, 3.63) is 0 Å². The van der Waals surface area contributed by atoms with Gasteiger partial charge in [0.25, 0.3) is 0 Å². The highest BCUT2D eigenvalue weighted by Gasteiger charge is 2.71. The van der Waals surface area contributed by atoms with Crippen LogP contribution in [0.15, 0.2) is 0 Å². The van der Waals surface area contributed by atoms with E-state index in [1.807, 2.05) is 0 Å². The van der Waals surface area contributed by atoms with Gasteiger partial charge in [0.1, 0.15) is 0 Å². The van der Waals surface area contributed by atoms with E-state index < -0.39 is 17.7 Å². The molecular weight excluding hydrogens is 253 g/mol. The van der Waals surface area contributed by atoms with Crippen LogP contribution in [0.2, 0.25) is 0 Å². The number of halogens is 8. The molecule has 0 atom stereocenters. The monoisotopic (exact) mass is 252 g/mol. The SMILES string of the molecule is FC(F)(F)C(F)(F)[Si](Cl)(Cl)Cl. The van der Waals surface area contributed by atoms with Crippen LogP contribution < -0.4 is 0 Å². The van der Waals surface area contributed by atoms with E-state index in [4.69, 9.17) is 0 Å². The van der Waals surface area contributed by atoms with Crippen molar-refractivity contribution < 1.29 is 22.0 Å². The zero-order valence-electron chi connectivity index (χ0n) is 4.52. The van der Waals surface area contributed by atoms with Gasteiger partial charge in [-0.3, -0.25) is 0 Å². The first-order valence-electron chi connectivity index (χ1n) is 2.01. The van der Waals surface area contributed by atoms with E-state index in [-0.39, 0.29) is 0 Å². The Balaban J connectivity index is 4.75. The standard InChI is InChI=1S/C2Cl3F5Si/c3-11(4,5)2(9,10)1(6,7)8. The number of hydrogen-bond acceptors (Lipinski definition) is 0. The fourth-order valence-corrected chi connectivity index (χ4v) is 1.45. The third-order valence-corrected chi connectivity index (χ3v) is 3.84. The summed E-state index contributed by atoms with van der Waals surface area (Å²) >= 11 is 13.5. The maximum absolute atomic E-state index is 12.0. The first kappa shape index (κ1) is 11.7. The Bertz CT molecular complexity index is 131. The molecule has 0 amide bonds. The molecule has 0 saturated carbocycles. The molecule has 0 aliphatic rings. The Hall–Kier alpha value is 0.737. The third-order valence-electron chi connectivity index (χ3n) is 0.712. The summed E-state index contributed by atoms with van der Waals surface area (Å²) in [5.41, 5.74) is -5.19. The summed E-state index contributed by atoms with van der Waals surface area (Å²) in [5.74, 6) is 0. The average Bonchev–Trinajstić information content (AvgIpc) is 1.58. The largest absolute Gasteiger partial charge is 0.453 e. The Labute approximate surface area is 73.3 Å². The maximum atomic E-state index is 12.0. The Morgan fingerprint density at radius 3 is 1.09 bits per heavy atom. The normalized spacial score (nSPS) is 15.3. The van der Waals surface area contributed by atoms with Crippen LogP contribution in [0.5, 0.6) is 0 Å². The van der Waals surface area contributed by atoms with Crippen LogP contribution in [-0.4, -0.2) is 17.7 Å². The van der Waals surface area contributed by atoms with Crippen LogP contribution in [0.1, 0.15) is 0 Å². The number of alkyl halides is 5. The minimum Gasteiger partial charge on any atom is -0.196 e. The highest BCUT2D eigenvalue weighted by atomic mass is 35.8. The average molecular weight is 253 g/mol. The van der Waals surface area contributed by atoms with Crippen molar-refractivity contribution in [3.8, 4) is 0 Å². The van der Waals surface area contributed by atoms with E-state index in [2.05, 4.69) is 33.2 Å². The molecule has 0 aromatic carbocycles. The second-order valence-electron chi connectivity index (χ2n) is 1.57. The Kier molecular flexibility index (Phi) is 3.09. The van der Waals surface area contributed by atoms with E-state index in [1.54, 1.807) is 0 Å². The fraction of sp³-hybridized carbons (Fsp3) is 1.00. The van der Waals surface area contributed by atoms with Gasteiger partial charge in [-0.05, 0) is 0 Å². The topological polar surface area (TPSA) is 0 Å². The summed E-state index contributed by atoms with van der Waals surface area (Å²) in [6, 6.07) is -5.06. The van der Waals surface area contributed by atoms with Gasteiger partial charge in [0.2, 0.25) is 0 Å². The molecule has 11 heavy (non-hydrogen) atoms. The smallest absolute Gasteiger partial charge is 0.196 e. The molecule has 9 heteroatoms. The van der Waals surface area contributed by atoms with Crippen molar-refractivity contribution in [3.63, 3.8) is 0 Å². The lowest BCUT2D eigenvalue weighted by molar-refractivity contribution is -0.244. The first-order valence-corrected chi connectivity index (χ1v) is 7.05. The first-order chi connectivity index (χ1) is 4.50. The number of hydrogen-bond donors (Lipinski definition) is 0. The van der Waals surface area contributed by atoms with E-state index in [0.29, 0.717) is 0 Å². The van der Waals surface area contributed by atoms with E-state index in [9.17, 15) is 22.0 Å². The van der Waals surface area contributed by atoms with Gasteiger partial charge >= 0.3 is 17.7 Å². The van der Waals surface area contributed by atoms with Gasteiger partial charge in [-0.15, -0.1) is 33.2 Å². The molecule has 0 radical (unpaired) electrons. The van der Waals surface area contributed by atoms with Crippen molar-refractivity contribution in [1.29, 1.82) is 0 Å². The minimum absolute atomic E-state index is 4.51.